The fourth-order valence-electron chi connectivity index (χ4n) is 2.83. The number of aliphatic hydroxyl groups is 1. The second kappa shape index (κ2) is 2.72. The number of ether oxygens (including phenoxy) is 2. The van der Waals surface area contributed by atoms with Crippen molar-refractivity contribution < 1.29 is 19.4 Å². The third-order valence-corrected chi connectivity index (χ3v) is 3.36. The standard InChI is InChI=1S/C10H15NO4/c1-10(2)14-7-6-3-5(12)4-11(6)9(13)8(7)15-10/h5-8,12H,3-4H2,1-2H3/t5-,6-,7-,8-/m1/s1. The molecular formula is C10H15NO4. The fraction of sp³-hybridized carbons (Fsp3) is 0.900. The Labute approximate surface area is 87.9 Å². The average Bonchev–Trinajstić information content (AvgIpc) is 2.69. The van der Waals surface area contributed by atoms with Crippen LogP contribution in [0.15, 0.2) is 0 Å². The summed E-state index contributed by atoms with van der Waals surface area (Å²) in [4.78, 5) is 13.6. The number of aliphatic hydroxyl groups excluding tert-OH is 1. The van der Waals surface area contributed by atoms with Crippen molar-refractivity contribution in [2.45, 2.75) is 50.4 Å². The van der Waals surface area contributed by atoms with Crippen LogP contribution in [-0.2, 0) is 14.3 Å². The zero-order valence-corrected chi connectivity index (χ0v) is 8.84. The molecule has 0 aromatic rings. The van der Waals surface area contributed by atoms with Gasteiger partial charge in [0, 0.05) is 6.54 Å². The van der Waals surface area contributed by atoms with Gasteiger partial charge in [-0.25, -0.2) is 0 Å². The molecule has 84 valence electrons. The van der Waals surface area contributed by atoms with Crippen molar-refractivity contribution in [1.29, 1.82) is 0 Å². The van der Waals surface area contributed by atoms with Crippen molar-refractivity contribution in [3.05, 3.63) is 0 Å². The lowest BCUT2D eigenvalue weighted by molar-refractivity contribution is -0.171. The predicted octanol–water partition coefficient (Wildman–Crippen LogP) is -0.518. The smallest absolute Gasteiger partial charge is 0.255 e. The molecule has 0 saturated carbocycles. The minimum Gasteiger partial charge on any atom is -0.391 e. The lowest BCUT2D eigenvalue weighted by Crippen LogP contribution is -2.36. The Balaban J connectivity index is 1.88. The number of rotatable bonds is 0. The minimum atomic E-state index is -0.676. The van der Waals surface area contributed by atoms with Crippen LogP contribution in [0.1, 0.15) is 20.3 Å². The summed E-state index contributed by atoms with van der Waals surface area (Å²) in [5.41, 5.74) is 0. The van der Waals surface area contributed by atoms with E-state index in [2.05, 4.69) is 0 Å². The summed E-state index contributed by atoms with van der Waals surface area (Å²) in [6, 6.07) is -0.000671. The molecule has 3 aliphatic rings. The predicted molar refractivity (Wildman–Crippen MR) is 49.9 cm³/mol. The van der Waals surface area contributed by atoms with Gasteiger partial charge in [0.1, 0.15) is 6.10 Å². The van der Waals surface area contributed by atoms with Gasteiger partial charge >= 0.3 is 0 Å². The molecule has 3 fully saturated rings. The van der Waals surface area contributed by atoms with E-state index in [4.69, 9.17) is 9.47 Å². The van der Waals surface area contributed by atoms with Crippen LogP contribution in [0.3, 0.4) is 0 Å². The number of carbonyl (C=O) groups excluding carboxylic acids is 1. The van der Waals surface area contributed by atoms with Crippen molar-refractivity contribution in [2.75, 3.05) is 6.54 Å². The zero-order chi connectivity index (χ0) is 10.8. The van der Waals surface area contributed by atoms with Gasteiger partial charge in [-0.3, -0.25) is 4.79 Å². The Bertz CT molecular complexity index is 317. The summed E-state index contributed by atoms with van der Waals surface area (Å²) < 4.78 is 11.3. The van der Waals surface area contributed by atoms with Gasteiger partial charge in [-0.2, -0.15) is 0 Å². The summed E-state index contributed by atoms with van der Waals surface area (Å²) >= 11 is 0. The summed E-state index contributed by atoms with van der Waals surface area (Å²) in [5.74, 6) is -0.711. The number of hydrogen-bond donors (Lipinski definition) is 1. The van der Waals surface area contributed by atoms with Gasteiger partial charge in [-0.1, -0.05) is 0 Å². The van der Waals surface area contributed by atoms with E-state index >= 15 is 0 Å². The van der Waals surface area contributed by atoms with Crippen molar-refractivity contribution in [3.8, 4) is 0 Å². The van der Waals surface area contributed by atoms with Crippen LogP contribution in [0.5, 0.6) is 0 Å². The van der Waals surface area contributed by atoms with E-state index in [0.29, 0.717) is 13.0 Å². The quantitative estimate of drug-likeness (QED) is 0.588. The van der Waals surface area contributed by atoms with Gasteiger partial charge in [0.05, 0.1) is 12.1 Å². The SMILES string of the molecule is CC1(C)O[C@@H]2[C@H]3C[C@@H](O)CN3C(=O)[C@@H]2O1. The Morgan fingerprint density at radius 1 is 1.47 bits per heavy atom. The third-order valence-electron chi connectivity index (χ3n) is 3.36. The van der Waals surface area contributed by atoms with Gasteiger partial charge in [-0.05, 0) is 20.3 Å². The van der Waals surface area contributed by atoms with Crippen molar-refractivity contribution >= 4 is 5.91 Å². The number of carbonyl (C=O) groups is 1. The molecule has 0 aromatic carbocycles. The molecule has 0 unspecified atom stereocenters. The van der Waals surface area contributed by atoms with E-state index in [1.165, 1.54) is 0 Å². The minimum absolute atomic E-state index is 0.000671. The Hall–Kier alpha value is -0.650. The molecule has 0 bridgehead atoms. The molecule has 0 aromatic heterocycles. The van der Waals surface area contributed by atoms with Crippen LogP contribution >= 0.6 is 0 Å². The van der Waals surface area contributed by atoms with E-state index < -0.39 is 18.0 Å². The normalized spacial score (nSPS) is 47.1. The molecule has 1 amide bonds. The molecule has 0 radical (unpaired) electrons. The molecule has 3 rings (SSSR count). The van der Waals surface area contributed by atoms with E-state index in [1.807, 2.05) is 13.8 Å². The molecule has 5 heteroatoms. The summed E-state index contributed by atoms with van der Waals surface area (Å²) in [5, 5.41) is 9.51. The first kappa shape index (κ1) is 9.57. The number of fused-ring (bicyclic) bond motifs is 3. The second-order valence-corrected chi connectivity index (χ2v) is 4.97. The third kappa shape index (κ3) is 1.23. The zero-order valence-electron chi connectivity index (χ0n) is 8.84. The maximum Gasteiger partial charge on any atom is 0.255 e. The molecule has 3 heterocycles. The van der Waals surface area contributed by atoms with Gasteiger partial charge in [0.2, 0.25) is 0 Å². The van der Waals surface area contributed by atoms with Crippen molar-refractivity contribution in [3.63, 3.8) is 0 Å². The first-order valence-electron chi connectivity index (χ1n) is 5.32. The maximum atomic E-state index is 11.9. The van der Waals surface area contributed by atoms with E-state index in [-0.39, 0.29) is 18.1 Å². The van der Waals surface area contributed by atoms with E-state index in [9.17, 15) is 9.90 Å². The fourth-order valence-corrected chi connectivity index (χ4v) is 2.83. The van der Waals surface area contributed by atoms with Crippen LogP contribution in [0, 0.1) is 0 Å². The Morgan fingerprint density at radius 2 is 2.20 bits per heavy atom. The van der Waals surface area contributed by atoms with Crippen molar-refractivity contribution in [2.24, 2.45) is 0 Å². The molecule has 1 N–H and O–H groups in total. The topological polar surface area (TPSA) is 59.0 Å². The summed E-state index contributed by atoms with van der Waals surface area (Å²) in [7, 11) is 0. The van der Waals surface area contributed by atoms with Crippen LogP contribution in [0.4, 0.5) is 0 Å². The number of nitrogens with zero attached hydrogens (tertiary/aromatic N) is 1. The van der Waals surface area contributed by atoms with E-state index in [1.54, 1.807) is 4.90 Å². The molecule has 5 nitrogen and oxygen atoms in total. The highest BCUT2D eigenvalue weighted by Gasteiger charge is 2.59. The maximum absolute atomic E-state index is 11.9. The molecule has 0 spiro atoms. The molecule has 4 atom stereocenters. The van der Waals surface area contributed by atoms with Crippen LogP contribution < -0.4 is 0 Å². The molecule has 3 aliphatic heterocycles. The second-order valence-electron chi connectivity index (χ2n) is 4.97. The van der Waals surface area contributed by atoms with Gasteiger partial charge in [0.15, 0.2) is 11.9 Å². The molecule has 0 aliphatic carbocycles. The van der Waals surface area contributed by atoms with Crippen molar-refractivity contribution in [1.82, 2.24) is 4.90 Å². The van der Waals surface area contributed by atoms with Gasteiger partial charge in [0.25, 0.3) is 5.91 Å². The highest BCUT2D eigenvalue weighted by molar-refractivity contribution is 5.85. The van der Waals surface area contributed by atoms with Gasteiger partial charge in [-0.15, -0.1) is 0 Å². The first-order valence-corrected chi connectivity index (χ1v) is 5.32. The molecule has 15 heavy (non-hydrogen) atoms. The molecular weight excluding hydrogens is 198 g/mol. The Kier molecular flexibility index (Phi) is 1.74. The molecule has 3 saturated heterocycles. The highest BCUT2D eigenvalue weighted by Crippen LogP contribution is 2.41. The highest BCUT2D eigenvalue weighted by atomic mass is 16.8. The lowest BCUT2D eigenvalue weighted by Gasteiger charge is -2.23. The lowest BCUT2D eigenvalue weighted by atomic mass is 10.1. The van der Waals surface area contributed by atoms with Gasteiger partial charge < -0.3 is 19.5 Å². The van der Waals surface area contributed by atoms with Crippen LogP contribution in [-0.4, -0.2) is 52.6 Å². The average molecular weight is 213 g/mol. The Morgan fingerprint density at radius 3 is 2.93 bits per heavy atom. The summed E-state index contributed by atoms with van der Waals surface area (Å²) in [6.07, 6.45) is -0.471. The van der Waals surface area contributed by atoms with E-state index in [0.717, 1.165) is 0 Å². The number of amides is 1. The largest absolute Gasteiger partial charge is 0.391 e. The summed E-state index contributed by atoms with van der Waals surface area (Å²) in [6.45, 7) is 4.05. The first-order chi connectivity index (χ1) is 6.98. The van der Waals surface area contributed by atoms with Crippen LogP contribution in [0.25, 0.3) is 0 Å². The monoisotopic (exact) mass is 213 g/mol. The van der Waals surface area contributed by atoms with Crippen LogP contribution in [0.2, 0.25) is 0 Å². The number of hydrogen-bond acceptors (Lipinski definition) is 4.